The highest BCUT2D eigenvalue weighted by Crippen LogP contribution is 2.19. The molecule has 1 heterocycles. The van der Waals surface area contributed by atoms with E-state index in [1.54, 1.807) is 0 Å². The monoisotopic (exact) mass is 197 g/mol. The number of thiophene rings is 1. The SMILES string of the molecule is Cc1ccsc1C(=O)CC(C)CN. The Morgan fingerprint density at radius 2 is 2.38 bits per heavy atom. The van der Waals surface area contributed by atoms with Gasteiger partial charge in [0.1, 0.15) is 0 Å². The minimum Gasteiger partial charge on any atom is -0.330 e. The Morgan fingerprint density at radius 3 is 2.85 bits per heavy atom. The van der Waals surface area contributed by atoms with Crippen LogP contribution in [0.25, 0.3) is 0 Å². The molecule has 0 radical (unpaired) electrons. The minimum atomic E-state index is 0.227. The second-order valence-corrected chi connectivity index (χ2v) is 4.32. The van der Waals surface area contributed by atoms with Gasteiger partial charge in [-0.25, -0.2) is 0 Å². The summed E-state index contributed by atoms with van der Waals surface area (Å²) in [6.07, 6.45) is 0.567. The lowest BCUT2D eigenvalue weighted by molar-refractivity contribution is 0.0969. The lowest BCUT2D eigenvalue weighted by Crippen LogP contribution is -2.15. The fraction of sp³-hybridized carbons (Fsp3) is 0.500. The van der Waals surface area contributed by atoms with Crippen LogP contribution in [0.4, 0.5) is 0 Å². The molecule has 13 heavy (non-hydrogen) atoms. The molecule has 3 heteroatoms. The fourth-order valence-electron chi connectivity index (χ4n) is 1.15. The molecule has 0 bridgehead atoms. The van der Waals surface area contributed by atoms with Crippen molar-refractivity contribution in [2.24, 2.45) is 11.7 Å². The van der Waals surface area contributed by atoms with E-state index < -0.39 is 0 Å². The van der Waals surface area contributed by atoms with Gasteiger partial charge < -0.3 is 5.73 Å². The highest BCUT2D eigenvalue weighted by atomic mass is 32.1. The first kappa shape index (κ1) is 10.4. The maximum atomic E-state index is 11.7. The molecular formula is C10H15NOS. The van der Waals surface area contributed by atoms with Gasteiger partial charge in [-0.05, 0) is 36.4 Å². The van der Waals surface area contributed by atoms with Crippen LogP contribution < -0.4 is 5.73 Å². The number of hydrogen-bond acceptors (Lipinski definition) is 3. The van der Waals surface area contributed by atoms with Crippen molar-refractivity contribution in [3.8, 4) is 0 Å². The van der Waals surface area contributed by atoms with Gasteiger partial charge in [0.25, 0.3) is 0 Å². The third-order valence-corrected chi connectivity index (χ3v) is 3.11. The molecule has 0 aromatic carbocycles. The minimum absolute atomic E-state index is 0.227. The van der Waals surface area contributed by atoms with Crippen molar-refractivity contribution in [2.45, 2.75) is 20.3 Å². The Kier molecular flexibility index (Phi) is 3.63. The van der Waals surface area contributed by atoms with E-state index in [0.29, 0.717) is 13.0 Å². The summed E-state index contributed by atoms with van der Waals surface area (Å²) in [5.74, 6) is 0.513. The number of rotatable bonds is 4. The Labute approximate surface area is 82.8 Å². The summed E-state index contributed by atoms with van der Waals surface area (Å²) in [6.45, 7) is 4.55. The zero-order valence-corrected chi connectivity index (χ0v) is 8.86. The molecule has 0 aliphatic carbocycles. The zero-order valence-electron chi connectivity index (χ0n) is 8.04. The summed E-state index contributed by atoms with van der Waals surface area (Å²) >= 11 is 1.52. The largest absolute Gasteiger partial charge is 0.330 e. The molecule has 72 valence electrons. The number of carbonyl (C=O) groups is 1. The molecule has 1 aromatic rings. The molecule has 0 aliphatic heterocycles. The van der Waals surface area contributed by atoms with E-state index in [1.807, 2.05) is 25.3 Å². The van der Waals surface area contributed by atoms with E-state index in [1.165, 1.54) is 11.3 Å². The van der Waals surface area contributed by atoms with Crippen LogP contribution in [0, 0.1) is 12.8 Å². The number of aryl methyl sites for hydroxylation is 1. The van der Waals surface area contributed by atoms with Crippen molar-refractivity contribution in [1.82, 2.24) is 0 Å². The molecule has 0 amide bonds. The van der Waals surface area contributed by atoms with E-state index in [4.69, 9.17) is 5.73 Å². The molecule has 0 aliphatic rings. The standard InChI is InChI=1S/C10H15NOS/c1-7(6-11)5-9(12)10-8(2)3-4-13-10/h3-4,7H,5-6,11H2,1-2H3. The molecule has 1 unspecified atom stereocenters. The van der Waals surface area contributed by atoms with Gasteiger partial charge in [-0.1, -0.05) is 6.92 Å². The van der Waals surface area contributed by atoms with Crippen molar-refractivity contribution in [3.05, 3.63) is 21.9 Å². The van der Waals surface area contributed by atoms with Crippen LogP contribution in [0.2, 0.25) is 0 Å². The lowest BCUT2D eigenvalue weighted by atomic mass is 10.0. The summed E-state index contributed by atoms with van der Waals surface area (Å²) in [5, 5.41) is 1.95. The third kappa shape index (κ3) is 2.64. The zero-order chi connectivity index (χ0) is 9.84. The van der Waals surface area contributed by atoms with E-state index in [9.17, 15) is 4.79 Å². The number of carbonyl (C=O) groups excluding carboxylic acids is 1. The van der Waals surface area contributed by atoms with Crippen LogP contribution >= 0.6 is 11.3 Å². The lowest BCUT2D eigenvalue weighted by Gasteiger charge is -2.05. The summed E-state index contributed by atoms with van der Waals surface area (Å²) < 4.78 is 0. The summed E-state index contributed by atoms with van der Waals surface area (Å²) in [6, 6.07) is 1.98. The van der Waals surface area contributed by atoms with Gasteiger partial charge in [-0.2, -0.15) is 0 Å². The maximum Gasteiger partial charge on any atom is 0.173 e. The van der Waals surface area contributed by atoms with Crippen LogP contribution in [0.3, 0.4) is 0 Å². The molecular weight excluding hydrogens is 182 g/mol. The average molecular weight is 197 g/mol. The Balaban J connectivity index is 2.64. The van der Waals surface area contributed by atoms with Crippen molar-refractivity contribution < 1.29 is 4.79 Å². The number of hydrogen-bond donors (Lipinski definition) is 1. The smallest absolute Gasteiger partial charge is 0.173 e. The van der Waals surface area contributed by atoms with Crippen LogP contribution in [0.1, 0.15) is 28.6 Å². The molecule has 0 saturated carbocycles. The molecule has 2 nitrogen and oxygen atoms in total. The molecule has 1 atom stereocenters. The van der Waals surface area contributed by atoms with Crippen molar-refractivity contribution in [1.29, 1.82) is 0 Å². The summed E-state index contributed by atoms with van der Waals surface area (Å²) in [7, 11) is 0. The summed E-state index contributed by atoms with van der Waals surface area (Å²) in [5.41, 5.74) is 6.55. The summed E-state index contributed by atoms with van der Waals surface area (Å²) in [4.78, 5) is 12.5. The first-order chi connectivity index (χ1) is 6.15. The second-order valence-electron chi connectivity index (χ2n) is 3.40. The van der Waals surface area contributed by atoms with Gasteiger partial charge in [0.15, 0.2) is 5.78 Å². The highest BCUT2D eigenvalue weighted by Gasteiger charge is 2.13. The molecule has 1 rings (SSSR count). The van der Waals surface area contributed by atoms with Gasteiger partial charge in [-0.3, -0.25) is 4.79 Å². The highest BCUT2D eigenvalue weighted by molar-refractivity contribution is 7.12. The van der Waals surface area contributed by atoms with Crippen LogP contribution in [-0.4, -0.2) is 12.3 Å². The topological polar surface area (TPSA) is 43.1 Å². The van der Waals surface area contributed by atoms with Crippen molar-refractivity contribution in [3.63, 3.8) is 0 Å². The molecule has 0 spiro atoms. The Morgan fingerprint density at radius 1 is 1.69 bits per heavy atom. The maximum absolute atomic E-state index is 11.7. The second kappa shape index (κ2) is 4.53. The predicted octanol–water partition coefficient (Wildman–Crippen LogP) is 2.22. The van der Waals surface area contributed by atoms with Crippen LogP contribution in [0.5, 0.6) is 0 Å². The fourth-order valence-corrected chi connectivity index (χ4v) is 2.03. The van der Waals surface area contributed by atoms with Crippen LogP contribution in [0.15, 0.2) is 11.4 Å². The van der Waals surface area contributed by atoms with Crippen LogP contribution in [-0.2, 0) is 0 Å². The molecule has 2 N–H and O–H groups in total. The Hall–Kier alpha value is -0.670. The van der Waals surface area contributed by atoms with E-state index in [0.717, 1.165) is 10.4 Å². The van der Waals surface area contributed by atoms with E-state index >= 15 is 0 Å². The van der Waals surface area contributed by atoms with Gasteiger partial charge >= 0.3 is 0 Å². The van der Waals surface area contributed by atoms with Gasteiger partial charge in [-0.15, -0.1) is 11.3 Å². The van der Waals surface area contributed by atoms with E-state index in [2.05, 4.69) is 0 Å². The van der Waals surface area contributed by atoms with Gasteiger partial charge in [0, 0.05) is 6.42 Å². The molecule has 1 aromatic heterocycles. The predicted molar refractivity (Wildman–Crippen MR) is 56.2 cm³/mol. The Bertz CT molecular complexity index is 293. The van der Waals surface area contributed by atoms with E-state index in [-0.39, 0.29) is 11.7 Å². The molecule has 0 fully saturated rings. The first-order valence-electron chi connectivity index (χ1n) is 4.42. The first-order valence-corrected chi connectivity index (χ1v) is 5.30. The normalized spacial score (nSPS) is 12.8. The third-order valence-electron chi connectivity index (χ3n) is 2.05. The van der Waals surface area contributed by atoms with Crippen molar-refractivity contribution in [2.75, 3.05) is 6.54 Å². The van der Waals surface area contributed by atoms with Crippen molar-refractivity contribution >= 4 is 17.1 Å². The average Bonchev–Trinajstić information content (AvgIpc) is 2.51. The quantitative estimate of drug-likeness (QED) is 0.752. The number of ketones is 1. The molecule has 0 saturated heterocycles. The number of nitrogens with two attached hydrogens (primary N) is 1. The number of Topliss-reactive ketones (excluding diaryl/α,β-unsaturated/α-hetero) is 1. The van der Waals surface area contributed by atoms with Gasteiger partial charge in [0.2, 0.25) is 0 Å². The van der Waals surface area contributed by atoms with Gasteiger partial charge in [0.05, 0.1) is 4.88 Å².